The minimum absolute atomic E-state index is 0.0953. The fourth-order valence-corrected chi connectivity index (χ4v) is 4.96. The van der Waals surface area contributed by atoms with Crippen molar-refractivity contribution >= 4 is 39.9 Å². The highest BCUT2D eigenvalue weighted by Gasteiger charge is 2.33. The molecule has 1 aliphatic heterocycles. The highest BCUT2D eigenvalue weighted by atomic mass is 35.5. The first-order valence-corrected chi connectivity index (χ1v) is 12.6. The summed E-state index contributed by atoms with van der Waals surface area (Å²) in [4.78, 5) is 28.2. The number of carbonyl (C=O) groups excluding carboxylic acids is 1. The van der Waals surface area contributed by atoms with Crippen molar-refractivity contribution in [1.82, 2.24) is 40.1 Å². The quantitative estimate of drug-likeness (QED) is 0.300. The van der Waals surface area contributed by atoms with E-state index in [-0.39, 0.29) is 10.7 Å². The average Bonchev–Trinajstić information content (AvgIpc) is 3.51. The summed E-state index contributed by atoms with van der Waals surface area (Å²) in [6, 6.07) is 5.15. The summed E-state index contributed by atoms with van der Waals surface area (Å²) in [6.07, 6.45) is 8.06. The molecule has 0 aromatic carbocycles. The molecule has 12 nitrogen and oxygen atoms in total. The summed E-state index contributed by atoms with van der Waals surface area (Å²) in [5, 5.41) is 26.3. The number of rotatable bonds is 6. The predicted molar refractivity (Wildman–Crippen MR) is 140 cm³/mol. The summed E-state index contributed by atoms with van der Waals surface area (Å²) in [6.45, 7) is 3.00. The maximum Gasteiger partial charge on any atom is 0.273 e. The molecule has 13 heteroatoms. The van der Waals surface area contributed by atoms with Gasteiger partial charge in [-0.15, -0.1) is 5.10 Å². The summed E-state index contributed by atoms with van der Waals surface area (Å²) in [5.41, 5.74) is 2.97. The van der Waals surface area contributed by atoms with Crippen molar-refractivity contribution in [2.45, 2.75) is 32.0 Å². The lowest BCUT2D eigenvalue weighted by Crippen LogP contribution is -2.58. The molecule has 1 saturated heterocycles. The number of halogens is 1. The van der Waals surface area contributed by atoms with E-state index in [0.29, 0.717) is 42.5 Å². The van der Waals surface area contributed by atoms with Crippen LogP contribution in [-0.4, -0.2) is 71.2 Å². The Morgan fingerprint density at radius 3 is 2.97 bits per heavy atom. The Labute approximate surface area is 221 Å². The minimum atomic E-state index is -0.805. The second-order valence-electron chi connectivity index (χ2n) is 8.86. The largest absolute Gasteiger partial charge is 0.492 e. The topological polar surface area (TPSA) is 146 Å². The monoisotopic (exact) mass is 533 g/mol. The molecule has 0 saturated carbocycles. The Morgan fingerprint density at radius 2 is 2.18 bits per heavy atom. The fourth-order valence-electron chi connectivity index (χ4n) is 4.75. The van der Waals surface area contributed by atoms with Crippen LogP contribution in [0.15, 0.2) is 49.2 Å². The van der Waals surface area contributed by atoms with E-state index >= 15 is 0 Å². The molecule has 1 aliphatic rings. The molecule has 194 valence electrons. The van der Waals surface area contributed by atoms with E-state index in [1.807, 2.05) is 24.1 Å². The number of piperidine rings is 1. The third-order valence-electron chi connectivity index (χ3n) is 6.47. The van der Waals surface area contributed by atoms with Crippen LogP contribution in [0.1, 0.15) is 30.3 Å². The number of aliphatic hydroxyl groups excluding tert-OH is 1. The fraction of sp³-hybridized carbons (Fsp3) is 0.280. The van der Waals surface area contributed by atoms with Gasteiger partial charge in [-0.1, -0.05) is 11.6 Å². The minimum Gasteiger partial charge on any atom is -0.492 e. The van der Waals surface area contributed by atoms with Crippen LogP contribution in [0.4, 0.5) is 5.82 Å². The van der Waals surface area contributed by atoms with Crippen molar-refractivity contribution in [3.63, 3.8) is 0 Å². The van der Waals surface area contributed by atoms with Crippen LogP contribution in [-0.2, 0) is 0 Å². The van der Waals surface area contributed by atoms with Gasteiger partial charge in [0.1, 0.15) is 23.4 Å². The van der Waals surface area contributed by atoms with E-state index in [4.69, 9.17) is 21.3 Å². The van der Waals surface area contributed by atoms with Gasteiger partial charge >= 0.3 is 0 Å². The van der Waals surface area contributed by atoms with Crippen molar-refractivity contribution in [1.29, 1.82) is 0 Å². The molecule has 3 N–H and O–H groups in total. The Bertz CT molecular complexity index is 1620. The van der Waals surface area contributed by atoms with Crippen LogP contribution in [0.25, 0.3) is 27.8 Å². The van der Waals surface area contributed by atoms with Crippen molar-refractivity contribution in [3.05, 3.63) is 59.9 Å². The number of aliphatic hydroxyl groups is 1. The standard InChI is InChI=1S/C25H24ClN9O3/c1-2-38-14-9-15(22-16-10-30-32-23(16)33-35(22)13-14)18-11-29-20(12-28-18)34-8-4-6-19(36)24(34)31-25(37)21-17(26)5-3-7-27-21/h3,5,7,9-13,19,24,36H,2,4,6,8H2,1H3,(H,31,37)(H,32,33)/t19-,24?/m0/s1. The van der Waals surface area contributed by atoms with Crippen LogP contribution >= 0.6 is 11.6 Å². The molecule has 0 spiro atoms. The van der Waals surface area contributed by atoms with E-state index in [2.05, 4.69) is 30.6 Å². The normalized spacial score (nSPS) is 17.7. The molecular formula is C25H24ClN9O3. The molecule has 6 heterocycles. The molecular weight excluding hydrogens is 510 g/mol. The number of nitrogens with zero attached hydrogens (tertiary/aromatic N) is 7. The zero-order valence-corrected chi connectivity index (χ0v) is 21.1. The molecule has 1 amide bonds. The second kappa shape index (κ2) is 9.88. The summed E-state index contributed by atoms with van der Waals surface area (Å²) >= 11 is 6.15. The number of nitrogens with one attached hydrogen (secondary N) is 2. The molecule has 0 radical (unpaired) electrons. The van der Waals surface area contributed by atoms with Crippen molar-refractivity contribution < 1.29 is 14.6 Å². The van der Waals surface area contributed by atoms with Gasteiger partial charge in [-0.05, 0) is 38.0 Å². The molecule has 2 atom stereocenters. The first kappa shape index (κ1) is 24.1. The zero-order valence-electron chi connectivity index (χ0n) is 20.4. The molecule has 5 aromatic heterocycles. The first-order chi connectivity index (χ1) is 18.5. The highest BCUT2D eigenvalue weighted by Crippen LogP contribution is 2.32. The van der Waals surface area contributed by atoms with Crippen molar-refractivity contribution in [2.75, 3.05) is 18.1 Å². The smallest absolute Gasteiger partial charge is 0.273 e. The summed E-state index contributed by atoms with van der Waals surface area (Å²) < 4.78 is 7.49. The maximum atomic E-state index is 12.9. The van der Waals surface area contributed by atoms with Gasteiger partial charge in [0.2, 0.25) is 0 Å². The molecule has 0 aliphatic carbocycles. The number of hydrogen-bond donors (Lipinski definition) is 3. The number of H-pyrrole nitrogens is 1. The lowest BCUT2D eigenvalue weighted by Gasteiger charge is -2.39. The number of amides is 1. The van der Waals surface area contributed by atoms with Crippen LogP contribution < -0.4 is 15.0 Å². The van der Waals surface area contributed by atoms with Crippen molar-refractivity contribution in [3.8, 4) is 17.0 Å². The van der Waals surface area contributed by atoms with Gasteiger partial charge in [0.25, 0.3) is 5.91 Å². The first-order valence-electron chi connectivity index (χ1n) is 12.2. The third kappa shape index (κ3) is 4.27. The maximum absolute atomic E-state index is 12.9. The number of aromatic nitrogens is 7. The van der Waals surface area contributed by atoms with E-state index in [1.54, 1.807) is 35.2 Å². The van der Waals surface area contributed by atoms with E-state index in [9.17, 15) is 9.90 Å². The third-order valence-corrected chi connectivity index (χ3v) is 6.78. The van der Waals surface area contributed by atoms with Crippen LogP contribution in [0.5, 0.6) is 5.75 Å². The molecule has 1 unspecified atom stereocenters. The number of anilines is 1. The molecule has 1 fully saturated rings. The lowest BCUT2D eigenvalue weighted by atomic mass is 10.0. The predicted octanol–water partition coefficient (Wildman–Crippen LogP) is 2.83. The number of ether oxygens (including phenoxy) is 1. The van der Waals surface area contributed by atoms with Gasteiger partial charge in [0.05, 0.1) is 59.1 Å². The van der Waals surface area contributed by atoms with E-state index in [1.165, 1.54) is 6.20 Å². The van der Waals surface area contributed by atoms with E-state index in [0.717, 1.165) is 22.9 Å². The van der Waals surface area contributed by atoms with Gasteiger partial charge in [-0.2, -0.15) is 5.10 Å². The number of pyridine rings is 2. The van der Waals surface area contributed by atoms with Crippen molar-refractivity contribution in [2.24, 2.45) is 0 Å². The second-order valence-corrected chi connectivity index (χ2v) is 9.27. The Kier molecular flexibility index (Phi) is 6.26. The molecule has 0 bridgehead atoms. The van der Waals surface area contributed by atoms with Crippen LogP contribution in [0.3, 0.4) is 0 Å². The van der Waals surface area contributed by atoms with Crippen LogP contribution in [0.2, 0.25) is 5.02 Å². The average molecular weight is 534 g/mol. The van der Waals surface area contributed by atoms with Gasteiger partial charge in [-0.3, -0.25) is 14.9 Å². The lowest BCUT2D eigenvalue weighted by molar-refractivity contribution is 0.0742. The Hall–Kier alpha value is -4.29. The Balaban J connectivity index is 1.33. The Morgan fingerprint density at radius 1 is 1.29 bits per heavy atom. The molecule has 38 heavy (non-hydrogen) atoms. The number of carbonyl (C=O) groups is 1. The summed E-state index contributed by atoms with van der Waals surface area (Å²) in [7, 11) is 0. The summed E-state index contributed by atoms with van der Waals surface area (Å²) in [5.74, 6) is 0.689. The van der Waals surface area contributed by atoms with E-state index < -0.39 is 18.2 Å². The number of fused-ring (bicyclic) bond motifs is 3. The van der Waals surface area contributed by atoms with Gasteiger partial charge in [0.15, 0.2) is 5.65 Å². The molecule has 6 rings (SSSR count). The number of hydrogen-bond acceptors (Lipinski definition) is 9. The number of aromatic amines is 1. The van der Waals surface area contributed by atoms with Gasteiger partial charge < -0.3 is 20.1 Å². The SMILES string of the molecule is CCOc1cc(-c2cnc(N3CCC[C@H](O)C3NC(=O)c3ncccc3Cl)cn2)c2c3cn[nH]c3nn2c1. The highest BCUT2D eigenvalue weighted by molar-refractivity contribution is 6.33. The zero-order chi connectivity index (χ0) is 26.2. The van der Waals surface area contributed by atoms with Gasteiger partial charge in [-0.25, -0.2) is 14.5 Å². The van der Waals surface area contributed by atoms with Gasteiger partial charge in [0, 0.05) is 18.3 Å². The molecule has 5 aromatic rings. The van der Waals surface area contributed by atoms with Crippen LogP contribution in [0, 0.1) is 0 Å².